The fraction of sp³-hybridized carbons (Fsp3) is 0.500. The third-order valence-electron chi connectivity index (χ3n) is 2.39. The topological polar surface area (TPSA) is 135 Å². The van der Waals surface area contributed by atoms with Crippen LogP contribution in [0.5, 0.6) is 0 Å². The van der Waals surface area contributed by atoms with E-state index in [1.165, 1.54) is 6.33 Å². The summed E-state index contributed by atoms with van der Waals surface area (Å²) in [5, 5.41) is 8.48. The Kier molecular flexibility index (Phi) is 4.80. The van der Waals surface area contributed by atoms with Gasteiger partial charge in [-0.2, -0.15) is 0 Å². The summed E-state index contributed by atoms with van der Waals surface area (Å²) >= 11 is 0. The van der Waals surface area contributed by atoms with Crippen molar-refractivity contribution in [1.82, 2.24) is 9.97 Å². The highest BCUT2D eigenvalue weighted by atomic mass is 16.4. The van der Waals surface area contributed by atoms with Crippen molar-refractivity contribution in [2.45, 2.75) is 31.3 Å². The number of ketones is 1. The average Bonchev–Trinajstić information content (AvgIpc) is 2.77. The summed E-state index contributed by atoms with van der Waals surface area (Å²) in [6.45, 7) is 0. The average molecular weight is 240 g/mol. The van der Waals surface area contributed by atoms with Crippen LogP contribution in [-0.4, -0.2) is 38.9 Å². The van der Waals surface area contributed by atoms with E-state index in [2.05, 4.69) is 9.97 Å². The predicted octanol–water partition coefficient (Wildman–Crippen LogP) is -0.959. The number of aromatic nitrogens is 2. The number of carboxylic acids is 1. The minimum Gasteiger partial charge on any atom is -0.481 e. The van der Waals surface area contributed by atoms with Crippen LogP contribution >= 0.6 is 0 Å². The lowest BCUT2D eigenvalue weighted by Gasteiger charge is -2.14. The Morgan fingerprint density at radius 1 is 1.41 bits per heavy atom. The number of nitrogens with two attached hydrogens (primary N) is 2. The predicted molar refractivity (Wildman–Crippen MR) is 60.1 cm³/mol. The van der Waals surface area contributed by atoms with E-state index in [0.717, 1.165) is 5.69 Å². The van der Waals surface area contributed by atoms with Gasteiger partial charge in [0.2, 0.25) is 0 Å². The summed E-state index contributed by atoms with van der Waals surface area (Å²) in [7, 11) is 0. The molecule has 2 atom stereocenters. The number of nitrogens with zero attached hydrogens (tertiary/aromatic N) is 1. The third kappa shape index (κ3) is 4.33. The van der Waals surface area contributed by atoms with E-state index in [-0.39, 0.29) is 18.6 Å². The molecule has 0 fully saturated rings. The minimum atomic E-state index is -0.976. The van der Waals surface area contributed by atoms with Crippen molar-refractivity contribution in [2.24, 2.45) is 11.5 Å². The second kappa shape index (κ2) is 6.12. The maximum Gasteiger partial charge on any atom is 0.303 e. The van der Waals surface area contributed by atoms with E-state index < -0.39 is 18.1 Å². The SMILES string of the molecule is NC(CCC(=O)O)C(=O)[C@H](N)Cc1cnc[nH]1. The van der Waals surface area contributed by atoms with Gasteiger partial charge < -0.3 is 21.6 Å². The molecule has 17 heavy (non-hydrogen) atoms. The first-order valence-corrected chi connectivity index (χ1v) is 5.24. The molecule has 0 amide bonds. The number of Topliss-reactive ketones (excluding diaryl/α,β-unsaturated/α-hetero) is 1. The number of hydrogen-bond donors (Lipinski definition) is 4. The first-order chi connectivity index (χ1) is 8.00. The molecule has 1 aromatic rings. The second-order valence-corrected chi connectivity index (χ2v) is 3.83. The molecule has 0 radical (unpaired) electrons. The third-order valence-corrected chi connectivity index (χ3v) is 2.39. The van der Waals surface area contributed by atoms with Crippen molar-refractivity contribution in [1.29, 1.82) is 0 Å². The number of carbonyl (C=O) groups excluding carboxylic acids is 1. The second-order valence-electron chi connectivity index (χ2n) is 3.83. The van der Waals surface area contributed by atoms with Crippen LogP contribution in [0.25, 0.3) is 0 Å². The number of nitrogens with one attached hydrogen (secondary N) is 1. The van der Waals surface area contributed by atoms with Gasteiger partial charge in [-0.25, -0.2) is 4.98 Å². The lowest BCUT2D eigenvalue weighted by atomic mass is 9.99. The monoisotopic (exact) mass is 240 g/mol. The zero-order valence-corrected chi connectivity index (χ0v) is 9.30. The van der Waals surface area contributed by atoms with Gasteiger partial charge in [-0.05, 0) is 6.42 Å². The Bertz CT molecular complexity index is 377. The van der Waals surface area contributed by atoms with E-state index >= 15 is 0 Å². The molecule has 7 nitrogen and oxygen atoms in total. The van der Waals surface area contributed by atoms with Gasteiger partial charge >= 0.3 is 5.97 Å². The van der Waals surface area contributed by atoms with E-state index in [1.807, 2.05) is 0 Å². The number of carbonyl (C=O) groups is 2. The van der Waals surface area contributed by atoms with Crippen LogP contribution in [0.3, 0.4) is 0 Å². The minimum absolute atomic E-state index is 0.102. The number of carboxylic acid groups (broad SMARTS) is 1. The first kappa shape index (κ1) is 13.3. The highest BCUT2D eigenvalue weighted by Gasteiger charge is 2.22. The molecular weight excluding hydrogens is 224 g/mol. The molecule has 6 N–H and O–H groups in total. The van der Waals surface area contributed by atoms with Crippen molar-refractivity contribution >= 4 is 11.8 Å². The van der Waals surface area contributed by atoms with Gasteiger partial charge in [0.05, 0.1) is 18.4 Å². The largest absolute Gasteiger partial charge is 0.481 e. The molecule has 1 unspecified atom stereocenters. The highest BCUT2D eigenvalue weighted by Crippen LogP contribution is 2.03. The van der Waals surface area contributed by atoms with Gasteiger partial charge in [0.25, 0.3) is 0 Å². The summed E-state index contributed by atoms with van der Waals surface area (Å²) in [4.78, 5) is 28.7. The van der Waals surface area contributed by atoms with Gasteiger partial charge in [0.15, 0.2) is 5.78 Å². The Hall–Kier alpha value is -1.73. The summed E-state index contributed by atoms with van der Waals surface area (Å²) in [5.41, 5.74) is 12.0. The molecular formula is C10H16N4O3. The number of hydrogen-bond acceptors (Lipinski definition) is 5. The molecule has 1 rings (SSSR count). The van der Waals surface area contributed by atoms with Crippen LogP contribution in [0, 0.1) is 0 Å². The van der Waals surface area contributed by atoms with E-state index in [4.69, 9.17) is 16.6 Å². The van der Waals surface area contributed by atoms with Crippen molar-refractivity contribution in [2.75, 3.05) is 0 Å². The molecule has 1 heterocycles. The Labute approximate surface area is 98.2 Å². The molecule has 0 saturated carbocycles. The lowest BCUT2D eigenvalue weighted by Crippen LogP contribution is -2.44. The standard InChI is InChI=1S/C10H16N4O3/c11-7(1-2-9(15)16)10(17)8(12)3-6-4-13-5-14-6/h4-5,7-8H,1-3,11-12H2,(H,13,14)(H,15,16)/t7?,8-/m1/s1. The van der Waals surface area contributed by atoms with Crippen LogP contribution in [-0.2, 0) is 16.0 Å². The molecule has 0 spiro atoms. The Morgan fingerprint density at radius 3 is 2.65 bits per heavy atom. The molecule has 0 bridgehead atoms. The van der Waals surface area contributed by atoms with Crippen LogP contribution in [0.2, 0.25) is 0 Å². The maximum atomic E-state index is 11.7. The Morgan fingerprint density at radius 2 is 2.12 bits per heavy atom. The lowest BCUT2D eigenvalue weighted by molar-refractivity contribution is -0.137. The molecule has 0 aliphatic rings. The summed E-state index contributed by atoms with van der Waals surface area (Å²) < 4.78 is 0. The van der Waals surface area contributed by atoms with Crippen LogP contribution in [0.4, 0.5) is 0 Å². The van der Waals surface area contributed by atoms with Crippen LogP contribution in [0.1, 0.15) is 18.5 Å². The van der Waals surface area contributed by atoms with Gasteiger partial charge in [-0.15, -0.1) is 0 Å². The molecule has 0 aliphatic carbocycles. The Balaban J connectivity index is 2.42. The number of rotatable bonds is 7. The molecule has 94 valence electrons. The molecule has 0 aromatic carbocycles. The summed E-state index contributed by atoms with van der Waals surface area (Å²) in [6.07, 6.45) is 3.36. The zero-order chi connectivity index (χ0) is 12.8. The first-order valence-electron chi connectivity index (χ1n) is 5.24. The van der Waals surface area contributed by atoms with Crippen LogP contribution < -0.4 is 11.5 Å². The number of imidazole rings is 1. The van der Waals surface area contributed by atoms with Crippen LogP contribution in [0.15, 0.2) is 12.5 Å². The maximum absolute atomic E-state index is 11.7. The number of aromatic amines is 1. The normalized spacial score (nSPS) is 14.2. The smallest absolute Gasteiger partial charge is 0.303 e. The highest BCUT2D eigenvalue weighted by molar-refractivity contribution is 5.89. The van der Waals surface area contributed by atoms with Gasteiger partial charge in [0.1, 0.15) is 0 Å². The zero-order valence-electron chi connectivity index (χ0n) is 9.30. The summed E-state index contributed by atoms with van der Waals surface area (Å²) in [5.74, 6) is -1.31. The van der Waals surface area contributed by atoms with Crippen molar-refractivity contribution < 1.29 is 14.7 Å². The fourth-order valence-electron chi connectivity index (χ4n) is 1.43. The summed E-state index contributed by atoms with van der Waals surface area (Å²) in [6, 6.07) is -1.57. The molecule has 0 aliphatic heterocycles. The van der Waals surface area contributed by atoms with Gasteiger partial charge in [-0.1, -0.05) is 0 Å². The van der Waals surface area contributed by atoms with Gasteiger partial charge in [-0.3, -0.25) is 9.59 Å². The fourth-order valence-corrected chi connectivity index (χ4v) is 1.43. The van der Waals surface area contributed by atoms with E-state index in [0.29, 0.717) is 6.42 Å². The van der Waals surface area contributed by atoms with Crippen molar-refractivity contribution in [3.8, 4) is 0 Å². The van der Waals surface area contributed by atoms with Crippen molar-refractivity contribution in [3.63, 3.8) is 0 Å². The van der Waals surface area contributed by atoms with Crippen molar-refractivity contribution in [3.05, 3.63) is 18.2 Å². The molecule has 7 heteroatoms. The van der Waals surface area contributed by atoms with Gasteiger partial charge in [0, 0.05) is 24.7 Å². The quantitative estimate of drug-likeness (QED) is 0.484. The number of aliphatic carboxylic acids is 1. The molecule has 0 saturated heterocycles. The van der Waals surface area contributed by atoms with E-state index in [9.17, 15) is 9.59 Å². The number of H-pyrrole nitrogens is 1. The van der Waals surface area contributed by atoms with E-state index in [1.54, 1.807) is 6.20 Å². The molecule has 1 aromatic heterocycles.